The minimum Gasteiger partial charge on any atom is -0.503 e. The van der Waals surface area contributed by atoms with Crippen LogP contribution in [0, 0.1) is 0 Å². The molecule has 0 radical (unpaired) electrons. The van der Waals surface area contributed by atoms with Gasteiger partial charge in [-0.2, -0.15) is 0 Å². The highest BCUT2D eigenvalue weighted by atomic mass is 35.5. The highest BCUT2D eigenvalue weighted by Gasteiger charge is 2.36. The summed E-state index contributed by atoms with van der Waals surface area (Å²) in [6.07, 6.45) is 3.39. The molecule has 1 fully saturated rings. The van der Waals surface area contributed by atoms with Gasteiger partial charge in [-0.1, -0.05) is 61.8 Å². The van der Waals surface area contributed by atoms with Gasteiger partial charge < -0.3 is 9.84 Å². The molecule has 3 aromatic carbocycles. The second-order valence-corrected chi connectivity index (χ2v) is 9.31. The van der Waals surface area contributed by atoms with E-state index < -0.39 is 0 Å². The van der Waals surface area contributed by atoms with Crippen LogP contribution in [0.5, 0.6) is 11.5 Å². The normalized spacial score (nSPS) is 15.9. The number of aryl methyl sites for hydroxylation is 2. The van der Waals surface area contributed by atoms with Gasteiger partial charge >= 0.3 is 0 Å². The molecular weight excluding hydrogens is 480 g/mol. The molecule has 1 aliphatic rings. The van der Waals surface area contributed by atoms with Gasteiger partial charge in [0.2, 0.25) is 0 Å². The van der Waals surface area contributed by atoms with E-state index in [4.69, 9.17) is 21.3 Å². The standard InChI is InChI=1S/C28H27ClN2O3S/c1-4-19-11-7-9-13-22(19)30-28-31(23-14-10-8-12-20(23)5-2)27(33)25(35-28)17-18-15-21(29)26(32)24(16-18)34-6-3/h7-17,32H,4-6H2,1-3H3. The number of thioether (sulfide) groups is 1. The van der Waals surface area contributed by atoms with Crippen LogP contribution in [0.4, 0.5) is 11.4 Å². The zero-order chi connectivity index (χ0) is 24.9. The highest BCUT2D eigenvalue weighted by molar-refractivity contribution is 8.19. The van der Waals surface area contributed by atoms with Crippen LogP contribution in [0.1, 0.15) is 37.5 Å². The molecular formula is C28H27ClN2O3S. The lowest BCUT2D eigenvalue weighted by atomic mass is 10.1. The van der Waals surface area contributed by atoms with Crippen molar-refractivity contribution < 1.29 is 14.6 Å². The number of nitrogens with zero attached hydrogens (tertiary/aromatic N) is 2. The van der Waals surface area contributed by atoms with E-state index in [9.17, 15) is 9.90 Å². The van der Waals surface area contributed by atoms with Crippen molar-refractivity contribution in [3.8, 4) is 11.5 Å². The van der Waals surface area contributed by atoms with Crippen molar-refractivity contribution in [2.24, 2.45) is 4.99 Å². The number of rotatable bonds is 7. The molecule has 7 heteroatoms. The van der Waals surface area contributed by atoms with Crippen molar-refractivity contribution in [1.29, 1.82) is 0 Å². The first-order valence-electron chi connectivity index (χ1n) is 11.6. The van der Waals surface area contributed by atoms with E-state index in [1.54, 1.807) is 23.1 Å². The van der Waals surface area contributed by atoms with Gasteiger partial charge in [0.25, 0.3) is 5.91 Å². The number of amidine groups is 1. The summed E-state index contributed by atoms with van der Waals surface area (Å²) in [6.45, 7) is 6.37. The molecule has 1 N–H and O–H groups in total. The van der Waals surface area contributed by atoms with Crippen LogP contribution in [-0.2, 0) is 17.6 Å². The van der Waals surface area contributed by atoms with Crippen molar-refractivity contribution in [2.45, 2.75) is 33.6 Å². The molecule has 0 atom stereocenters. The number of aliphatic imine (C=N–C) groups is 1. The summed E-state index contributed by atoms with van der Waals surface area (Å²) in [5.74, 6) is 0.00465. The number of aromatic hydroxyl groups is 1. The second kappa shape index (κ2) is 11.0. The van der Waals surface area contributed by atoms with Crippen LogP contribution in [0.2, 0.25) is 5.02 Å². The first kappa shape index (κ1) is 24.9. The molecule has 1 heterocycles. The van der Waals surface area contributed by atoms with E-state index in [1.807, 2.05) is 49.4 Å². The average Bonchev–Trinajstić information content (AvgIpc) is 3.16. The number of phenolic OH excluding ortho intramolecular Hbond substituents is 1. The van der Waals surface area contributed by atoms with Crippen LogP contribution in [-0.4, -0.2) is 22.8 Å². The number of hydrogen-bond acceptors (Lipinski definition) is 5. The summed E-state index contributed by atoms with van der Waals surface area (Å²) in [5.41, 5.74) is 4.50. The molecule has 0 spiro atoms. The lowest BCUT2D eigenvalue weighted by molar-refractivity contribution is -0.113. The molecule has 0 aromatic heterocycles. The van der Waals surface area contributed by atoms with Gasteiger partial charge in [0, 0.05) is 0 Å². The Balaban J connectivity index is 1.84. The monoisotopic (exact) mass is 506 g/mol. The first-order chi connectivity index (χ1) is 17.0. The highest BCUT2D eigenvalue weighted by Crippen LogP contribution is 2.41. The quantitative estimate of drug-likeness (QED) is 0.339. The largest absolute Gasteiger partial charge is 0.503 e. The maximum absolute atomic E-state index is 13.7. The van der Waals surface area contributed by atoms with Crippen LogP contribution in [0.25, 0.3) is 6.08 Å². The minimum absolute atomic E-state index is 0.113. The summed E-state index contributed by atoms with van der Waals surface area (Å²) in [7, 11) is 0. The zero-order valence-electron chi connectivity index (χ0n) is 19.9. The maximum Gasteiger partial charge on any atom is 0.271 e. The molecule has 3 aromatic rings. The third-order valence-corrected chi connectivity index (χ3v) is 6.91. The molecule has 1 saturated heterocycles. The topological polar surface area (TPSA) is 62.1 Å². The SMILES string of the molecule is CCOc1cc(C=C2SC(=Nc3ccccc3CC)N(c3ccccc3CC)C2=O)cc(Cl)c1O. The molecule has 1 aliphatic heterocycles. The summed E-state index contributed by atoms with van der Waals surface area (Å²) in [6, 6.07) is 19.1. The van der Waals surface area contributed by atoms with Crippen molar-refractivity contribution in [3.63, 3.8) is 0 Å². The van der Waals surface area contributed by atoms with E-state index in [0.717, 1.165) is 35.3 Å². The first-order valence-corrected chi connectivity index (χ1v) is 12.8. The second-order valence-electron chi connectivity index (χ2n) is 7.89. The van der Waals surface area contributed by atoms with Gasteiger partial charge in [-0.05, 0) is 78.6 Å². The Morgan fingerprint density at radius 3 is 2.43 bits per heavy atom. The van der Waals surface area contributed by atoms with Gasteiger partial charge in [-0.25, -0.2) is 4.99 Å². The maximum atomic E-state index is 13.7. The van der Waals surface area contributed by atoms with E-state index in [0.29, 0.717) is 22.2 Å². The molecule has 4 rings (SSSR count). The van der Waals surface area contributed by atoms with E-state index in [-0.39, 0.29) is 22.4 Å². The molecule has 1 amide bonds. The number of para-hydroxylation sites is 2. The third-order valence-electron chi connectivity index (χ3n) is 5.66. The molecule has 0 unspecified atom stereocenters. The fourth-order valence-electron chi connectivity index (χ4n) is 3.91. The third kappa shape index (κ3) is 5.24. The van der Waals surface area contributed by atoms with Gasteiger partial charge in [-0.15, -0.1) is 0 Å². The summed E-state index contributed by atoms with van der Waals surface area (Å²) in [4.78, 5) is 20.9. The Morgan fingerprint density at radius 2 is 1.71 bits per heavy atom. The predicted octanol–water partition coefficient (Wildman–Crippen LogP) is 7.38. The minimum atomic E-state index is -0.161. The van der Waals surface area contributed by atoms with E-state index in [1.165, 1.54) is 11.8 Å². The van der Waals surface area contributed by atoms with Crippen LogP contribution < -0.4 is 9.64 Å². The average molecular weight is 507 g/mol. The Hall–Kier alpha value is -3.22. The number of amides is 1. The van der Waals surface area contributed by atoms with Gasteiger partial charge in [-0.3, -0.25) is 9.69 Å². The summed E-state index contributed by atoms with van der Waals surface area (Å²) >= 11 is 7.55. The lowest BCUT2D eigenvalue weighted by Gasteiger charge is -2.19. The Labute approximate surface area is 215 Å². The van der Waals surface area contributed by atoms with E-state index >= 15 is 0 Å². The lowest BCUT2D eigenvalue weighted by Crippen LogP contribution is -2.29. The van der Waals surface area contributed by atoms with Gasteiger partial charge in [0.05, 0.1) is 27.9 Å². The number of benzene rings is 3. The number of carbonyl (C=O) groups is 1. The predicted molar refractivity (Wildman–Crippen MR) is 146 cm³/mol. The molecule has 0 saturated carbocycles. The fraction of sp³-hybridized carbons (Fsp3) is 0.214. The number of ether oxygens (including phenoxy) is 1. The molecule has 5 nitrogen and oxygen atoms in total. The van der Waals surface area contributed by atoms with E-state index in [2.05, 4.69) is 19.9 Å². The number of halogens is 1. The van der Waals surface area contributed by atoms with Gasteiger partial charge in [0.1, 0.15) is 0 Å². The molecule has 0 bridgehead atoms. The van der Waals surface area contributed by atoms with Crippen LogP contribution in [0.3, 0.4) is 0 Å². The summed E-state index contributed by atoms with van der Waals surface area (Å²) in [5, 5.41) is 11.0. The van der Waals surface area contributed by atoms with Crippen molar-refractivity contribution >= 4 is 51.9 Å². The zero-order valence-corrected chi connectivity index (χ0v) is 21.5. The smallest absolute Gasteiger partial charge is 0.271 e. The molecule has 180 valence electrons. The fourth-order valence-corrected chi connectivity index (χ4v) is 5.11. The molecule has 0 aliphatic carbocycles. The summed E-state index contributed by atoms with van der Waals surface area (Å²) < 4.78 is 5.51. The number of anilines is 1. The number of phenols is 1. The Kier molecular flexibility index (Phi) is 7.83. The number of carbonyl (C=O) groups excluding carboxylic acids is 1. The van der Waals surface area contributed by atoms with Crippen LogP contribution >= 0.6 is 23.4 Å². The van der Waals surface area contributed by atoms with Crippen molar-refractivity contribution in [1.82, 2.24) is 0 Å². The van der Waals surface area contributed by atoms with Crippen LogP contribution in [0.15, 0.2) is 70.6 Å². The molecule has 35 heavy (non-hydrogen) atoms. The van der Waals surface area contributed by atoms with Crippen molar-refractivity contribution in [3.05, 3.63) is 87.3 Å². The Bertz CT molecular complexity index is 1320. The Morgan fingerprint density at radius 1 is 1.03 bits per heavy atom. The van der Waals surface area contributed by atoms with Crippen molar-refractivity contribution in [2.75, 3.05) is 11.5 Å². The van der Waals surface area contributed by atoms with Gasteiger partial charge in [0.15, 0.2) is 16.7 Å². The number of hydrogen-bond donors (Lipinski definition) is 1.